The highest BCUT2D eigenvalue weighted by Crippen LogP contribution is 2.28. The van der Waals surface area contributed by atoms with Crippen LogP contribution in [0.25, 0.3) is 0 Å². The normalized spacial score (nSPS) is 11.4. The fourth-order valence-corrected chi connectivity index (χ4v) is 2.43. The lowest BCUT2D eigenvalue weighted by Crippen LogP contribution is -2.35. The summed E-state index contributed by atoms with van der Waals surface area (Å²) in [6, 6.07) is 5.18. The summed E-state index contributed by atoms with van der Waals surface area (Å²) in [5.74, 6) is 1.23. The fraction of sp³-hybridized carbons (Fsp3) is 0.412. The van der Waals surface area contributed by atoms with E-state index < -0.39 is 6.04 Å². The number of nitrogens with zero attached hydrogens (tertiary/aromatic N) is 2. The van der Waals surface area contributed by atoms with Crippen molar-refractivity contribution in [1.82, 2.24) is 20.4 Å². The fourth-order valence-electron chi connectivity index (χ4n) is 2.43. The second kappa shape index (κ2) is 9.90. The van der Waals surface area contributed by atoms with Crippen molar-refractivity contribution < 1.29 is 14.3 Å². The van der Waals surface area contributed by atoms with Crippen LogP contribution < -0.4 is 20.1 Å². The molecule has 0 aliphatic heterocycles. The summed E-state index contributed by atoms with van der Waals surface area (Å²) in [7, 11) is 5.16. The number of methoxy groups -OCH3 is 1. The van der Waals surface area contributed by atoms with Gasteiger partial charge in [0.2, 0.25) is 5.91 Å². The van der Waals surface area contributed by atoms with Crippen molar-refractivity contribution in [1.29, 1.82) is 0 Å². The van der Waals surface area contributed by atoms with Gasteiger partial charge in [-0.25, -0.2) is 0 Å². The van der Waals surface area contributed by atoms with E-state index in [1.807, 2.05) is 38.4 Å². The number of carbonyl (C=O) groups excluding carboxylic acids is 1. The molecule has 0 saturated heterocycles. The van der Waals surface area contributed by atoms with Crippen LogP contribution >= 0.6 is 12.4 Å². The molecule has 1 aromatic carbocycles. The molecular formula is C17H25ClN4O3. The molecular weight excluding hydrogens is 344 g/mol. The molecule has 0 aliphatic rings. The summed E-state index contributed by atoms with van der Waals surface area (Å²) in [5, 5.41) is 10.0. The molecule has 0 spiro atoms. The van der Waals surface area contributed by atoms with E-state index in [1.54, 1.807) is 25.0 Å². The molecule has 1 amide bonds. The number of carbonyl (C=O) groups is 1. The average molecular weight is 369 g/mol. The van der Waals surface area contributed by atoms with E-state index in [-0.39, 0.29) is 18.3 Å². The zero-order valence-corrected chi connectivity index (χ0v) is 15.7. The van der Waals surface area contributed by atoms with E-state index in [9.17, 15) is 4.79 Å². The molecule has 1 heterocycles. The summed E-state index contributed by atoms with van der Waals surface area (Å²) in [6.07, 6.45) is 3.50. The minimum atomic E-state index is -0.441. The number of nitrogens with one attached hydrogen (secondary N) is 2. The Morgan fingerprint density at radius 3 is 2.68 bits per heavy atom. The maximum absolute atomic E-state index is 12.4. The number of rotatable bonds is 8. The first-order valence-corrected chi connectivity index (χ1v) is 7.82. The lowest BCUT2D eigenvalue weighted by molar-refractivity contribution is -0.123. The Bertz CT molecular complexity index is 690. The third-order valence-electron chi connectivity index (χ3n) is 3.60. The molecule has 2 N–H and O–H groups in total. The van der Waals surface area contributed by atoms with Crippen LogP contribution in [0.3, 0.4) is 0 Å². The molecule has 138 valence electrons. The molecule has 0 radical (unpaired) electrons. The quantitative estimate of drug-likeness (QED) is 0.743. The highest BCUT2D eigenvalue weighted by molar-refractivity contribution is 5.85. The topological polar surface area (TPSA) is 77.4 Å². The van der Waals surface area contributed by atoms with Gasteiger partial charge < -0.3 is 20.1 Å². The van der Waals surface area contributed by atoms with E-state index in [4.69, 9.17) is 9.47 Å². The van der Waals surface area contributed by atoms with E-state index in [1.165, 1.54) is 0 Å². The van der Waals surface area contributed by atoms with Gasteiger partial charge in [0.05, 0.1) is 19.9 Å². The first-order valence-electron chi connectivity index (χ1n) is 7.82. The van der Waals surface area contributed by atoms with Crippen LogP contribution in [-0.4, -0.2) is 36.5 Å². The van der Waals surface area contributed by atoms with Gasteiger partial charge in [-0.1, -0.05) is 6.07 Å². The highest BCUT2D eigenvalue weighted by Gasteiger charge is 2.19. The monoisotopic (exact) mass is 368 g/mol. The molecule has 25 heavy (non-hydrogen) atoms. The first-order chi connectivity index (χ1) is 11.6. The number of hydrogen-bond acceptors (Lipinski definition) is 5. The standard InChI is InChI=1S/C17H24N4O3.ClH/c1-5-24-14-7-6-12(8-15(14)23-4)9-19-17(22)16(18-2)13-10-20-21(3)11-13;/h6-8,10-11,16,18H,5,9H2,1-4H3,(H,19,22);1H. The second-order valence-electron chi connectivity index (χ2n) is 5.31. The van der Waals surface area contributed by atoms with Crippen molar-refractivity contribution in [3.05, 3.63) is 41.7 Å². The summed E-state index contributed by atoms with van der Waals surface area (Å²) in [4.78, 5) is 12.4. The van der Waals surface area contributed by atoms with E-state index in [0.717, 1.165) is 11.1 Å². The predicted molar refractivity (Wildman–Crippen MR) is 98.3 cm³/mol. The summed E-state index contributed by atoms with van der Waals surface area (Å²) >= 11 is 0. The average Bonchev–Trinajstić information content (AvgIpc) is 3.01. The Kier molecular flexibility index (Phi) is 8.24. The number of aryl methyl sites for hydroxylation is 1. The Balaban J connectivity index is 0.00000312. The number of amides is 1. The van der Waals surface area contributed by atoms with Gasteiger partial charge in [0, 0.05) is 25.4 Å². The van der Waals surface area contributed by atoms with Crippen LogP contribution in [0.2, 0.25) is 0 Å². The summed E-state index contributed by atoms with van der Waals surface area (Å²) in [6.45, 7) is 2.89. The molecule has 2 aromatic rings. The SMILES string of the molecule is CCOc1ccc(CNC(=O)C(NC)c2cnn(C)c2)cc1OC.Cl. The van der Waals surface area contributed by atoms with Crippen molar-refractivity contribution in [3.63, 3.8) is 0 Å². The Morgan fingerprint density at radius 2 is 2.12 bits per heavy atom. The number of aromatic nitrogens is 2. The van der Waals surface area contributed by atoms with Gasteiger partial charge in [0.25, 0.3) is 0 Å². The smallest absolute Gasteiger partial charge is 0.242 e. The maximum atomic E-state index is 12.4. The number of benzene rings is 1. The van der Waals surface area contributed by atoms with E-state index >= 15 is 0 Å². The van der Waals surface area contributed by atoms with Gasteiger partial charge in [0.1, 0.15) is 6.04 Å². The van der Waals surface area contributed by atoms with Crippen LogP contribution in [0.5, 0.6) is 11.5 Å². The number of hydrogen-bond donors (Lipinski definition) is 2. The Labute approximate surface area is 154 Å². The molecule has 0 aliphatic carbocycles. The molecule has 1 unspecified atom stereocenters. The third kappa shape index (κ3) is 5.37. The van der Waals surface area contributed by atoms with Gasteiger partial charge in [-0.3, -0.25) is 9.48 Å². The van der Waals surface area contributed by atoms with Crippen LogP contribution in [0, 0.1) is 0 Å². The maximum Gasteiger partial charge on any atom is 0.242 e. The Morgan fingerprint density at radius 1 is 1.36 bits per heavy atom. The van der Waals surface area contributed by atoms with Crippen molar-refractivity contribution >= 4 is 18.3 Å². The first kappa shape index (κ1) is 20.8. The van der Waals surface area contributed by atoms with Crippen LogP contribution in [-0.2, 0) is 18.4 Å². The number of likely N-dealkylation sites (N-methyl/N-ethyl adjacent to an activating group) is 1. The van der Waals surface area contributed by atoms with E-state index in [2.05, 4.69) is 15.7 Å². The van der Waals surface area contributed by atoms with Gasteiger partial charge in [0.15, 0.2) is 11.5 Å². The van der Waals surface area contributed by atoms with Gasteiger partial charge in [-0.15, -0.1) is 12.4 Å². The van der Waals surface area contributed by atoms with Crippen molar-refractivity contribution in [2.24, 2.45) is 7.05 Å². The molecule has 0 saturated carbocycles. The Hall–Kier alpha value is -2.25. The molecule has 8 heteroatoms. The molecule has 0 bridgehead atoms. The lowest BCUT2D eigenvalue weighted by atomic mass is 10.1. The predicted octanol–water partition coefficient (Wildman–Crippen LogP) is 1.83. The van der Waals surface area contributed by atoms with Crippen LogP contribution in [0.1, 0.15) is 24.1 Å². The van der Waals surface area contributed by atoms with E-state index in [0.29, 0.717) is 24.7 Å². The summed E-state index contributed by atoms with van der Waals surface area (Å²) < 4.78 is 12.5. The zero-order chi connectivity index (χ0) is 17.5. The van der Waals surface area contributed by atoms with Gasteiger partial charge in [-0.2, -0.15) is 5.10 Å². The second-order valence-corrected chi connectivity index (χ2v) is 5.31. The largest absolute Gasteiger partial charge is 0.493 e. The number of halogens is 1. The molecule has 1 aromatic heterocycles. The molecule has 7 nitrogen and oxygen atoms in total. The van der Waals surface area contributed by atoms with Crippen molar-refractivity contribution in [3.8, 4) is 11.5 Å². The van der Waals surface area contributed by atoms with Crippen LogP contribution in [0.4, 0.5) is 0 Å². The highest BCUT2D eigenvalue weighted by atomic mass is 35.5. The summed E-state index contributed by atoms with van der Waals surface area (Å²) in [5.41, 5.74) is 1.76. The molecule has 1 atom stereocenters. The zero-order valence-electron chi connectivity index (χ0n) is 14.9. The van der Waals surface area contributed by atoms with Gasteiger partial charge >= 0.3 is 0 Å². The van der Waals surface area contributed by atoms with Crippen LogP contribution in [0.15, 0.2) is 30.6 Å². The van der Waals surface area contributed by atoms with Crippen molar-refractivity contribution in [2.45, 2.75) is 19.5 Å². The minimum absolute atomic E-state index is 0. The van der Waals surface area contributed by atoms with Crippen molar-refractivity contribution in [2.75, 3.05) is 20.8 Å². The third-order valence-corrected chi connectivity index (χ3v) is 3.60. The minimum Gasteiger partial charge on any atom is -0.493 e. The van der Waals surface area contributed by atoms with Gasteiger partial charge in [-0.05, 0) is 31.7 Å². The molecule has 2 rings (SSSR count). The lowest BCUT2D eigenvalue weighted by Gasteiger charge is -2.15. The molecule has 0 fully saturated rings. The number of ether oxygens (including phenoxy) is 2.